The molecular formula is C24H34. The van der Waals surface area contributed by atoms with Gasteiger partial charge in [0.2, 0.25) is 0 Å². The van der Waals surface area contributed by atoms with Crippen molar-refractivity contribution >= 4 is 0 Å². The van der Waals surface area contributed by atoms with E-state index in [0.29, 0.717) is 5.92 Å². The van der Waals surface area contributed by atoms with Crippen molar-refractivity contribution in [2.24, 2.45) is 23.7 Å². The number of rotatable bonds is 3. The van der Waals surface area contributed by atoms with Gasteiger partial charge in [-0.3, -0.25) is 0 Å². The highest BCUT2D eigenvalue weighted by Gasteiger charge is 2.30. The number of hydrogen-bond acceptors (Lipinski definition) is 0. The van der Waals surface area contributed by atoms with Gasteiger partial charge in [0.1, 0.15) is 0 Å². The summed E-state index contributed by atoms with van der Waals surface area (Å²) in [5.74, 6) is 10.7. The lowest BCUT2D eigenvalue weighted by Crippen LogP contribution is -2.25. The Kier molecular flexibility index (Phi) is 6.42. The fourth-order valence-electron chi connectivity index (χ4n) is 4.91. The largest absolute Gasteiger partial charge is 0.0945 e. The van der Waals surface area contributed by atoms with Gasteiger partial charge in [0.15, 0.2) is 0 Å². The zero-order chi connectivity index (χ0) is 16.8. The number of benzene rings is 1. The van der Waals surface area contributed by atoms with Crippen molar-refractivity contribution in [2.45, 2.75) is 78.1 Å². The van der Waals surface area contributed by atoms with E-state index in [1.807, 2.05) is 0 Å². The van der Waals surface area contributed by atoms with Gasteiger partial charge in [0.05, 0.1) is 0 Å². The molecule has 1 aromatic rings. The van der Waals surface area contributed by atoms with Crippen molar-refractivity contribution in [1.82, 2.24) is 0 Å². The molecule has 3 rings (SSSR count). The maximum Gasteiger partial charge on any atom is 0.0245 e. The average molecular weight is 323 g/mol. The van der Waals surface area contributed by atoms with Crippen LogP contribution in [-0.4, -0.2) is 0 Å². The van der Waals surface area contributed by atoms with Crippen molar-refractivity contribution in [3.05, 3.63) is 35.4 Å². The molecule has 0 N–H and O–H groups in total. The summed E-state index contributed by atoms with van der Waals surface area (Å²) >= 11 is 0. The van der Waals surface area contributed by atoms with E-state index in [0.717, 1.165) is 17.8 Å². The van der Waals surface area contributed by atoms with E-state index < -0.39 is 0 Å². The second kappa shape index (κ2) is 8.75. The van der Waals surface area contributed by atoms with Gasteiger partial charge >= 0.3 is 0 Å². The topological polar surface area (TPSA) is 0 Å². The van der Waals surface area contributed by atoms with Crippen molar-refractivity contribution in [1.29, 1.82) is 0 Å². The van der Waals surface area contributed by atoms with Crippen LogP contribution in [-0.2, 0) is 0 Å². The summed E-state index contributed by atoms with van der Waals surface area (Å²) in [5.41, 5.74) is 2.49. The van der Waals surface area contributed by atoms with Crippen LogP contribution in [0.4, 0.5) is 0 Å². The van der Waals surface area contributed by atoms with Crippen LogP contribution in [0.3, 0.4) is 0 Å². The zero-order valence-electron chi connectivity index (χ0n) is 15.7. The fraction of sp³-hybridized carbons (Fsp3) is 0.667. The summed E-state index contributed by atoms with van der Waals surface area (Å²) in [6.07, 6.45) is 14.4. The molecule has 2 saturated carbocycles. The normalized spacial score (nSPS) is 30.4. The molecule has 24 heavy (non-hydrogen) atoms. The van der Waals surface area contributed by atoms with Crippen LogP contribution in [0.2, 0.25) is 0 Å². The van der Waals surface area contributed by atoms with Gasteiger partial charge in [0.25, 0.3) is 0 Å². The first-order valence-electron chi connectivity index (χ1n) is 10.3. The molecule has 0 aromatic heterocycles. The van der Waals surface area contributed by atoms with Gasteiger partial charge < -0.3 is 0 Å². The maximum atomic E-state index is 3.55. The van der Waals surface area contributed by atoms with Crippen molar-refractivity contribution in [2.75, 3.05) is 0 Å². The summed E-state index contributed by atoms with van der Waals surface area (Å²) in [6, 6.07) is 8.64. The Morgan fingerprint density at radius 3 is 2.00 bits per heavy atom. The molecule has 2 aliphatic rings. The lowest BCUT2D eigenvalue weighted by atomic mass is 9.69. The molecule has 0 saturated heterocycles. The molecule has 0 bridgehead atoms. The second-order valence-electron chi connectivity index (χ2n) is 8.32. The van der Waals surface area contributed by atoms with Crippen molar-refractivity contribution in [3.8, 4) is 11.8 Å². The quantitative estimate of drug-likeness (QED) is 0.539. The molecule has 0 nitrogen and oxygen atoms in total. The SMILES string of the molecule is CCC[C@H]1CC[C@H](C2CCC(C#Cc3ccc(C)cc3)CC2)CC1. The molecule has 0 spiro atoms. The van der Waals surface area contributed by atoms with E-state index >= 15 is 0 Å². The summed E-state index contributed by atoms with van der Waals surface area (Å²) in [6.45, 7) is 4.47. The van der Waals surface area contributed by atoms with E-state index in [4.69, 9.17) is 0 Å². The molecule has 2 fully saturated rings. The Morgan fingerprint density at radius 1 is 0.833 bits per heavy atom. The minimum atomic E-state index is 0.638. The van der Waals surface area contributed by atoms with Gasteiger partial charge in [-0.2, -0.15) is 0 Å². The molecule has 130 valence electrons. The first-order chi connectivity index (χ1) is 11.7. The van der Waals surface area contributed by atoms with Crippen LogP contribution in [0.25, 0.3) is 0 Å². The Balaban J connectivity index is 1.44. The first-order valence-corrected chi connectivity index (χ1v) is 10.3. The predicted octanol–water partition coefficient (Wildman–Crippen LogP) is 6.76. The first kappa shape index (κ1) is 17.6. The highest BCUT2D eigenvalue weighted by atomic mass is 14.3. The monoisotopic (exact) mass is 322 g/mol. The summed E-state index contributed by atoms with van der Waals surface area (Å²) in [7, 11) is 0. The van der Waals surface area contributed by atoms with Crippen LogP contribution in [0, 0.1) is 42.4 Å². The van der Waals surface area contributed by atoms with Crippen LogP contribution >= 0.6 is 0 Å². The average Bonchev–Trinajstić information content (AvgIpc) is 2.63. The Bertz CT molecular complexity index is 540. The lowest BCUT2D eigenvalue weighted by Gasteiger charge is -2.37. The minimum absolute atomic E-state index is 0.638. The Labute approximate surface area is 149 Å². The second-order valence-corrected chi connectivity index (χ2v) is 8.32. The third-order valence-corrected chi connectivity index (χ3v) is 6.50. The van der Waals surface area contributed by atoms with Gasteiger partial charge in [-0.15, -0.1) is 0 Å². The summed E-state index contributed by atoms with van der Waals surface area (Å²) in [5, 5.41) is 0. The van der Waals surface area contributed by atoms with Crippen LogP contribution in [0.15, 0.2) is 24.3 Å². The van der Waals surface area contributed by atoms with Gasteiger partial charge in [-0.1, -0.05) is 62.1 Å². The van der Waals surface area contributed by atoms with Crippen molar-refractivity contribution < 1.29 is 0 Å². The third kappa shape index (κ3) is 4.89. The standard InChI is InChI=1S/C24H34/c1-3-4-20-11-15-23(16-12-20)24-17-13-22(14-18-24)10-9-21-7-5-19(2)6-8-21/h5-8,20,22-24H,3-4,11-18H2,1-2H3/t20-,22?,23-,24?. The minimum Gasteiger partial charge on any atom is -0.0945 e. The fourth-order valence-corrected chi connectivity index (χ4v) is 4.91. The Hall–Kier alpha value is -1.22. The molecule has 2 aliphatic carbocycles. The summed E-state index contributed by atoms with van der Waals surface area (Å²) in [4.78, 5) is 0. The van der Waals surface area contributed by atoms with Crippen LogP contribution < -0.4 is 0 Å². The van der Waals surface area contributed by atoms with Gasteiger partial charge in [-0.05, 0) is 75.3 Å². The maximum absolute atomic E-state index is 3.55. The third-order valence-electron chi connectivity index (χ3n) is 6.50. The zero-order valence-corrected chi connectivity index (χ0v) is 15.7. The molecule has 0 unspecified atom stereocenters. The molecule has 0 heteroatoms. The highest BCUT2D eigenvalue weighted by Crippen LogP contribution is 2.42. The van der Waals surface area contributed by atoms with Crippen molar-refractivity contribution in [3.63, 3.8) is 0 Å². The van der Waals surface area contributed by atoms with Gasteiger partial charge in [-0.25, -0.2) is 0 Å². The van der Waals surface area contributed by atoms with E-state index in [-0.39, 0.29) is 0 Å². The Morgan fingerprint density at radius 2 is 1.42 bits per heavy atom. The molecular weight excluding hydrogens is 288 g/mol. The van der Waals surface area contributed by atoms with E-state index in [9.17, 15) is 0 Å². The number of aryl methyl sites for hydroxylation is 1. The summed E-state index contributed by atoms with van der Waals surface area (Å²) < 4.78 is 0. The molecule has 0 heterocycles. The molecule has 0 radical (unpaired) electrons. The molecule has 0 amide bonds. The molecule has 0 aliphatic heterocycles. The number of hydrogen-bond donors (Lipinski definition) is 0. The molecule has 1 aromatic carbocycles. The predicted molar refractivity (Wildman–Crippen MR) is 104 cm³/mol. The van der Waals surface area contributed by atoms with E-state index in [2.05, 4.69) is 50.0 Å². The highest BCUT2D eigenvalue weighted by molar-refractivity contribution is 5.36. The van der Waals surface area contributed by atoms with Crippen LogP contribution in [0.5, 0.6) is 0 Å². The van der Waals surface area contributed by atoms with Crippen LogP contribution in [0.1, 0.15) is 82.3 Å². The van der Waals surface area contributed by atoms with E-state index in [1.54, 1.807) is 0 Å². The lowest BCUT2D eigenvalue weighted by molar-refractivity contribution is 0.154. The smallest absolute Gasteiger partial charge is 0.0245 e. The van der Waals surface area contributed by atoms with Gasteiger partial charge in [0, 0.05) is 11.5 Å². The van der Waals surface area contributed by atoms with E-state index in [1.165, 1.54) is 75.3 Å². The molecule has 0 atom stereocenters.